The van der Waals surface area contributed by atoms with Crippen LogP contribution in [0.25, 0.3) is 0 Å². The molecule has 1 fully saturated rings. The van der Waals surface area contributed by atoms with Crippen molar-refractivity contribution in [2.45, 2.75) is 25.4 Å². The summed E-state index contributed by atoms with van der Waals surface area (Å²) in [6.07, 6.45) is 4.25. The third-order valence-corrected chi connectivity index (χ3v) is 4.89. The second kappa shape index (κ2) is 8.61. The highest BCUT2D eigenvalue weighted by atomic mass is 35.5. The Labute approximate surface area is 153 Å². The fraction of sp³-hybridized carbons (Fsp3) is 0.474. The Morgan fingerprint density at radius 1 is 1.24 bits per heavy atom. The molecular formula is C19H25ClN2O3. The molecule has 0 unspecified atom stereocenters. The van der Waals surface area contributed by atoms with Gasteiger partial charge in [0, 0.05) is 13.1 Å². The minimum atomic E-state index is 0.258. The molecule has 2 heterocycles. The number of rotatable bonds is 8. The summed E-state index contributed by atoms with van der Waals surface area (Å²) in [6.45, 7) is 3.76. The molecule has 25 heavy (non-hydrogen) atoms. The fourth-order valence-electron chi connectivity index (χ4n) is 3.37. The van der Waals surface area contributed by atoms with Crippen LogP contribution in [-0.4, -0.2) is 38.8 Å². The number of nitrogens with zero attached hydrogens (tertiary/aromatic N) is 1. The predicted octanol–water partition coefficient (Wildman–Crippen LogP) is 3.88. The van der Waals surface area contributed by atoms with Crippen LogP contribution in [0, 0.1) is 0 Å². The zero-order valence-electron chi connectivity index (χ0n) is 14.8. The van der Waals surface area contributed by atoms with E-state index in [1.165, 1.54) is 12.8 Å². The minimum absolute atomic E-state index is 0.258. The van der Waals surface area contributed by atoms with Gasteiger partial charge in [-0.2, -0.15) is 0 Å². The van der Waals surface area contributed by atoms with Crippen LogP contribution >= 0.6 is 11.6 Å². The molecule has 0 radical (unpaired) electrons. The molecular weight excluding hydrogens is 340 g/mol. The molecule has 1 saturated heterocycles. The zero-order valence-corrected chi connectivity index (χ0v) is 15.5. The number of halogens is 1. The highest BCUT2D eigenvalue weighted by Crippen LogP contribution is 2.36. The standard InChI is InChI=1S/C19H25ClN2O3/c1-23-18-11-14(10-15(20)19(18)24-2)12-21-13-16(17-6-5-9-25-17)22-7-3-4-8-22/h5-6,9-11,16,21H,3-4,7-8,12-13H2,1-2H3/t16-/m0/s1. The van der Waals surface area contributed by atoms with Crippen molar-refractivity contribution in [1.29, 1.82) is 0 Å². The smallest absolute Gasteiger partial charge is 0.179 e. The van der Waals surface area contributed by atoms with Gasteiger partial charge in [-0.15, -0.1) is 0 Å². The Morgan fingerprint density at radius 3 is 2.68 bits per heavy atom. The van der Waals surface area contributed by atoms with Crippen LogP contribution in [0.5, 0.6) is 11.5 Å². The van der Waals surface area contributed by atoms with E-state index in [4.69, 9.17) is 25.5 Å². The average Bonchev–Trinajstić information content (AvgIpc) is 3.32. The molecule has 0 bridgehead atoms. The second-order valence-corrected chi connectivity index (χ2v) is 6.63. The van der Waals surface area contributed by atoms with Crippen LogP contribution in [0.1, 0.15) is 30.2 Å². The first-order chi connectivity index (χ1) is 12.2. The van der Waals surface area contributed by atoms with Crippen molar-refractivity contribution in [2.75, 3.05) is 33.9 Å². The normalized spacial score (nSPS) is 16.1. The Balaban J connectivity index is 1.65. The lowest BCUT2D eigenvalue weighted by Crippen LogP contribution is -2.33. The number of methoxy groups -OCH3 is 2. The van der Waals surface area contributed by atoms with Crippen LogP contribution in [-0.2, 0) is 6.54 Å². The Kier molecular flexibility index (Phi) is 6.24. The van der Waals surface area contributed by atoms with E-state index in [1.807, 2.05) is 18.2 Å². The molecule has 0 spiro atoms. The van der Waals surface area contributed by atoms with Crippen LogP contribution < -0.4 is 14.8 Å². The molecule has 1 atom stereocenters. The number of ether oxygens (including phenoxy) is 2. The van der Waals surface area contributed by atoms with Gasteiger partial charge < -0.3 is 19.2 Å². The topological polar surface area (TPSA) is 46.9 Å². The fourth-order valence-corrected chi connectivity index (χ4v) is 3.68. The van der Waals surface area contributed by atoms with Gasteiger partial charge in [0.05, 0.1) is 31.5 Å². The molecule has 1 aromatic heterocycles. The summed E-state index contributed by atoms with van der Waals surface area (Å²) in [5.74, 6) is 2.23. The summed E-state index contributed by atoms with van der Waals surface area (Å²) in [4.78, 5) is 2.48. The molecule has 0 aliphatic carbocycles. The number of hydrogen-bond acceptors (Lipinski definition) is 5. The van der Waals surface area contributed by atoms with Gasteiger partial charge in [0.25, 0.3) is 0 Å². The van der Waals surface area contributed by atoms with Crippen LogP contribution in [0.3, 0.4) is 0 Å². The molecule has 3 rings (SSSR count). The molecule has 5 nitrogen and oxygen atoms in total. The van der Waals surface area contributed by atoms with Gasteiger partial charge in [0.2, 0.25) is 0 Å². The lowest BCUT2D eigenvalue weighted by Gasteiger charge is -2.26. The van der Waals surface area contributed by atoms with Gasteiger partial charge in [-0.25, -0.2) is 0 Å². The number of benzene rings is 1. The van der Waals surface area contributed by atoms with Crippen molar-refractivity contribution in [1.82, 2.24) is 10.2 Å². The third kappa shape index (κ3) is 4.29. The predicted molar refractivity (Wildman–Crippen MR) is 98.5 cm³/mol. The molecule has 6 heteroatoms. The van der Waals surface area contributed by atoms with Crippen LogP contribution in [0.15, 0.2) is 34.9 Å². The Bertz CT molecular complexity index is 670. The molecule has 0 amide bonds. The summed E-state index contributed by atoms with van der Waals surface area (Å²) >= 11 is 6.28. The maximum atomic E-state index is 6.28. The first-order valence-electron chi connectivity index (χ1n) is 8.61. The van der Waals surface area contributed by atoms with Crippen molar-refractivity contribution in [3.8, 4) is 11.5 Å². The van der Waals surface area contributed by atoms with E-state index in [0.717, 1.165) is 31.0 Å². The maximum Gasteiger partial charge on any atom is 0.179 e. The minimum Gasteiger partial charge on any atom is -0.493 e. The van der Waals surface area contributed by atoms with E-state index in [0.29, 0.717) is 23.1 Å². The molecule has 1 aliphatic heterocycles. The monoisotopic (exact) mass is 364 g/mol. The number of hydrogen-bond donors (Lipinski definition) is 1. The van der Waals surface area contributed by atoms with Gasteiger partial charge in [-0.1, -0.05) is 11.6 Å². The summed E-state index contributed by atoms with van der Waals surface area (Å²) in [7, 11) is 3.21. The molecule has 1 aliphatic rings. The van der Waals surface area contributed by atoms with Crippen molar-refractivity contribution in [3.05, 3.63) is 46.9 Å². The van der Waals surface area contributed by atoms with Crippen molar-refractivity contribution >= 4 is 11.6 Å². The first-order valence-corrected chi connectivity index (χ1v) is 8.99. The van der Waals surface area contributed by atoms with Crippen molar-refractivity contribution in [3.63, 3.8) is 0 Å². The molecule has 1 N–H and O–H groups in total. The summed E-state index contributed by atoms with van der Waals surface area (Å²) in [6, 6.07) is 8.13. The van der Waals surface area contributed by atoms with Gasteiger partial charge in [0.15, 0.2) is 11.5 Å². The van der Waals surface area contributed by atoms with E-state index in [1.54, 1.807) is 20.5 Å². The Hall–Kier alpha value is -1.69. The molecule has 136 valence electrons. The SMILES string of the molecule is COc1cc(CNC[C@@H](c2ccco2)N2CCCC2)cc(Cl)c1OC. The lowest BCUT2D eigenvalue weighted by atomic mass is 10.1. The number of likely N-dealkylation sites (tertiary alicyclic amines) is 1. The van der Waals surface area contributed by atoms with E-state index in [9.17, 15) is 0 Å². The molecule has 1 aromatic carbocycles. The average molecular weight is 365 g/mol. The largest absolute Gasteiger partial charge is 0.493 e. The Morgan fingerprint density at radius 2 is 2.04 bits per heavy atom. The molecule has 2 aromatic rings. The van der Waals surface area contributed by atoms with Crippen molar-refractivity contribution < 1.29 is 13.9 Å². The highest BCUT2D eigenvalue weighted by molar-refractivity contribution is 6.32. The highest BCUT2D eigenvalue weighted by Gasteiger charge is 2.25. The zero-order chi connectivity index (χ0) is 17.6. The quantitative estimate of drug-likeness (QED) is 0.770. The van der Waals surface area contributed by atoms with Gasteiger partial charge >= 0.3 is 0 Å². The first kappa shape index (κ1) is 18.1. The van der Waals surface area contributed by atoms with E-state index in [2.05, 4.69) is 16.3 Å². The number of furan rings is 1. The summed E-state index contributed by atoms with van der Waals surface area (Å²) in [5.41, 5.74) is 1.06. The lowest BCUT2D eigenvalue weighted by molar-refractivity contribution is 0.209. The van der Waals surface area contributed by atoms with Crippen LogP contribution in [0.4, 0.5) is 0 Å². The van der Waals surface area contributed by atoms with E-state index >= 15 is 0 Å². The van der Waals surface area contributed by atoms with Crippen LogP contribution in [0.2, 0.25) is 5.02 Å². The van der Waals surface area contributed by atoms with Gasteiger partial charge in [-0.05, 0) is 55.8 Å². The third-order valence-electron chi connectivity index (χ3n) is 4.61. The number of nitrogens with one attached hydrogen (secondary N) is 1. The van der Waals surface area contributed by atoms with Gasteiger partial charge in [-0.3, -0.25) is 4.90 Å². The summed E-state index contributed by atoms with van der Waals surface area (Å²) < 4.78 is 16.3. The maximum absolute atomic E-state index is 6.28. The van der Waals surface area contributed by atoms with Crippen molar-refractivity contribution in [2.24, 2.45) is 0 Å². The molecule has 0 saturated carbocycles. The second-order valence-electron chi connectivity index (χ2n) is 6.22. The van der Waals surface area contributed by atoms with E-state index < -0.39 is 0 Å². The van der Waals surface area contributed by atoms with E-state index in [-0.39, 0.29) is 6.04 Å². The van der Waals surface area contributed by atoms with Gasteiger partial charge in [0.1, 0.15) is 5.76 Å². The summed E-state index contributed by atoms with van der Waals surface area (Å²) in [5, 5.41) is 4.08.